The summed E-state index contributed by atoms with van der Waals surface area (Å²) in [5.74, 6) is 0.230. The lowest BCUT2D eigenvalue weighted by Crippen LogP contribution is -2.38. The van der Waals surface area contributed by atoms with E-state index in [-0.39, 0.29) is 5.92 Å². The number of alkyl carbamates (subject to hydrolysis) is 1. The minimum atomic E-state index is -3.43. The molecule has 1 N–H and O–H groups in total. The lowest BCUT2D eigenvalue weighted by molar-refractivity contribution is 0.0526. The summed E-state index contributed by atoms with van der Waals surface area (Å²) in [6.45, 7) is 13.8. The topological polar surface area (TPSA) is 75.7 Å². The van der Waals surface area contributed by atoms with Crippen LogP contribution >= 0.6 is 0 Å². The van der Waals surface area contributed by atoms with E-state index in [0.717, 1.165) is 0 Å². The van der Waals surface area contributed by atoms with Crippen molar-refractivity contribution in [1.29, 1.82) is 0 Å². The van der Waals surface area contributed by atoms with Crippen LogP contribution in [-0.4, -0.2) is 44.1 Å². The van der Waals surface area contributed by atoms with Gasteiger partial charge in [0.05, 0.1) is 4.91 Å². The number of hydrogen-bond donors (Lipinski definition) is 1. The van der Waals surface area contributed by atoms with Crippen LogP contribution in [0, 0.1) is 5.92 Å². The largest absolute Gasteiger partial charge is 0.444 e. The molecule has 0 fully saturated rings. The molecule has 0 saturated heterocycles. The molecule has 0 atom stereocenters. The van der Waals surface area contributed by atoms with Crippen molar-refractivity contribution in [3.63, 3.8) is 0 Å². The minimum Gasteiger partial charge on any atom is -0.444 e. The highest BCUT2D eigenvalue weighted by molar-refractivity contribution is 7.93. The van der Waals surface area contributed by atoms with Crippen LogP contribution in [0.3, 0.4) is 0 Å². The Balaban J connectivity index is 4.57. The highest BCUT2D eigenvalue weighted by atomic mass is 32.2. The number of allylic oxidation sites excluding steroid dienone is 2. The van der Waals surface area contributed by atoms with Crippen LogP contribution in [0.25, 0.3) is 0 Å². The molecule has 0 aliphatic carbocycles. The Morgan fingerprint density at radius 2 is 1.87 bits per heavy atom. The first-order valence-electron chi connectivity index (χ1n) is 8.00. The molecule has 0 radical (unpaired) electrons. The third kappa shape index (κ3) is 8.95. The highest BCUT2D eigenvalue weighted by Gasteiger charge is 2.24. The molecule has 0 rings (SSSR count). The normalized spacial score (nSPS) is 13.5. The van der Waals surface area contributed by atoms with Crippen molar-refractivity contribution in [2.24, 2.45) is 5.92 Å². The average molecular weight is 349 g/mol. The van der Waals surface area contributed by atoms with E-state index in [4.69, 9.17) is 4.74 Å². The van der Waals surface area contributed by atoms with Gasteiger partial charge in [-0.1, -0.05) is 19.9 Å². The van der Waals surface area contributed by atoms with Crippen molar-refractivity contribution < 1.29 is 17.9 Å². The van der Waals surface area contributed by atoms with E-state index in [1.54, 1.807) is 40.7 Å². The maximum Gasteiger partial charge on any atom is 0.407 e. The zero-order valence-electron chi connectivity index (χ0n) is 15.5. The summed E-state index contributed by atoms with van der Waals surface area (Å²) in [5, 5.41) is 2.65. The fraction of sp³-hybridized carbons (Fsp3) is 0.812. The molecule has 0 aliphatic heterocycles. The molecular weight excluding hydrogens is 316 g/mol. The summed E-state index contributed by atoms with van der Waals surface area (Å²) in [7, 11) is -3.43. The van der Waals surface area contributed by atoms with Gasteiger partial charge in [-0.3, -0.25) is 0 Å². The fourth-order valence-electron chi connectivity index (χ4n) is 1.83. The van der Waals surface area contributed by atoms with Crippen molar-refractivity contribution in [3.05, 3.63) is 11.0 Å². The second-order valence-electron chi connectivity index (χ2n) is 6.94. The summed E-state index contributed by atoms with van der Waals surface area (Å²) in [6.07, 6.45) is 1.64. The van der Waals surface area contributed by atoms with Crippen molar-refractivity contribution in [2.45, 2.75) is 60.5 Å². The zero-order chi connectivity index (χ0) is 18.3. The number of ether oxygens (including phenoxy) is 1. The summed E-state index contributed by atoms with van der Waals surface area (Å²) >= 11 is 0. The first kappa shape index (κ1) is 21.9. The van der Waals surface area contributed by atoms with E-state index in [2.05, 4.69) is 5.32 Å². The Morgan fingerprint density at radius 1 is 1.30 bits per heavy atom. The molecule has 0 saturated carbocycles. The molecule has 0 heterocycles. The summed E-state index contributed by atoms with van der Waals surface area (Å²) in [6, 6.07) is 0. The van der Waals surface area contributed by atoms with Crippen LogP contribution in [-0.2, 0) is 14.8 Å². The number of carbonyl (C=O) groups is 1. The van der Waals surface area contributed by atoms with Crippen LogP contribution in [0.5, 0.6) is 0 Å². The first-order chi connectivity index (χ1) is 10.4. The first-order valence-corrected chi connectivity index (χ1v) is 9.44. The van der Waals surface area contributed by atoms with Gasteiger partial charge in [0.15, 0.2) is 0 Å². The number of nitrogens with zero attached hydrogens (tertiary/aromatic N) is 1. The monoisotopic (exact) mass is 348 g/mol. The minimum absolute atomic E-state index is 0.230. The van der Waals surface area contributed by atoms with Crippen molar-refractivity contribution in [3.8, 4) is 0 Å². The van der Waals surface area contributed by atoms with Crippen LogP contribution in [0.2, 0.25) is 0 Å². The van der Waals surface area contributed by atoms with E-state index >= 15 is 0 Å². The lowest BCUT2D eigenvalue weighted by atomic mass is 10.2. The van der Waals surface area contributed by atoms with E-state index in [0.29, 0.717) is 31.0 Å². The zero-order valence-corrected chi connectivity index (χ0v) is 16.3. The predicted octanol–water partition coefficient (Wildman–Crippen LogP) is 3.11. The van der Waals surface area contributed by atoms with E-state index < -0.39 is 21.7 Å². The molecule has 0 aromatic carbocycles. The van der Waals surface area contributed by atoms with E-state index in [1.165, 1.54) is 4.31 Å². The number of amides is 1. The van der Waals surface area contributed by atoms with Crippen LogP contribution in [0.15, 0.2) is 11.0 Å². The molecule has 0 aromatic heterocycles. The smallest absolute Gasteiger partial charge is 0.407 e. The molecule has 0 aliphatic rings. The van der Waals surface area contributed by atoms with Gasteiger partial charge in [-0.2, -0.15) is 4.31 Å². The Labute approximate surface area is 141 Å². The van der Waals surface area contributed by atoms with Crippen molar-refractivity contribution in [2.75, 3.05) is 19.6 Å². The lowest BCUT2D eigenvalue weighted by Gasteiger charge is -2.24. The van der Waals surface area contributed by atoms with Gasteiger partial charge in [0.25, 0.3) is 0 Å². The quantitative estimate of drug-likeness (QED) is 0.684. The van der Waals surface area contributed by atoms with E-state index in [1.807, 2.05) is 13.8 Å². The number of carbonyl (C=O) groups excluding carboxylic acids is 1. The second kappa shape index (κ2) is 9.27. The van der Waals surface area contributed by atoms with Gasteiger partial charge in [-0.25, -0.2) is 13.2 Å². The highest BCUT2D eigenvalue weighted by Crippen LogP contribution is 2.15. The number of hydrogen-bond acceptors (Lipinski definition) is 4. The van der Waals surface area contributed by atoms with Gasteiger partial charge < -0.3 is 10.1 Å². The molecule has 6 nitrogen and oxygen atoms in total. The van der Waals surface area contributed by atoms with Gasteiger partial charge in [0.2, 0.25) is 10.0 Å². The Morgan fingerprint density at radius 3 is 2.30 bits per heavy atom. The van der Waals surface area contributed by atoms with Gasteiger partial charge in [-0.05, 0) is 47.0 Å². The van der Waals surface area contributed by atoms with Gasteiger partial charge in [-0.15, -0.1) is 0 Å². The summed E-state index contributed by atoms with van der Waals surface area (Å²) < 4.78 is 31.5. The van der Waals surface area contributed by atoms with Crippen LogP contribution in [0.1, 0.15) is 54.9 Å². The number of nitrogens with one attached hydrogen (secondary N) is 1. The second-order valence-corrected chi connectivity index (χ2v) is 9.05. The maximum absolute atomic E-state index is 12.5. The molecule has 0 bridgehead atoms. The Bertz CT molecular complexity index is 505. The third-order valence-electron chi connectivity index (χ3n) is 2.97. The maximum atomic E-state index is 12.5. The Kier molecular flexibility index (Phi) is 8.84. The van der Waals surface area contributed by atoms with E-state index in [9.17, 15) is 13.2 Å². The molecule has 1 amide bonds. The van der Waals surface area contributed by atoms with Gasteiger partial charge in [0.1, 0.15) is 5.60 Å². The summed E-state index contributed by atoms with van der Waals surface area (Å²) in [4.78, 5) is 11.9. The Hall–Kier alpha value is -1.08. The molecule has 0 spiro atoms. The average Bonchev–Trinajstić information content (AvgIpc) is 2.38. The molecule has 23 heavy (non-hydrogen) atoms. The number of rotatable bonds is 8. The molecular formula is C16H32N2O4S. The third-order valence-corrected chi connectivity index (χ3v) is 5.04. The SMILES string of the molecule is C/C=C(\C)S(=O)(=O)N(CCCNC(=O)OC(C)(C)C)CC(C)C. The van der Waals surface area contributed by atoms with Gasteiger partial charge in [0, 0.05) is 19.6 Å². The number of sulfonamides is 1. The molecule has 0 unspecified atom stereocenters. The predicted molar refractivity (Wildman–Crippen MR) is 93.6 cm³/mol. The van der Waals surface area contributed by atoms with Crippen LogP contribution in [0.4, 0.5) is 4.79 Å². The standard InChI is InChI=1S/C16H32N2O4S/c1-8-14(4)23(20,21)18(12-13(2)3)11-9-10-17-15(19)22-16(5,6)7/h8,13H,9-12H2,1-7H3,(H,17,19)/b14-8+. The molecule has 136 valence electrons. The molecule has 0 aromatic rings. The summed E-state index contributed by atoms with van der Waals surface area (Å²) in [5.41, 5.74) is -0.542. The van der Waals surface area contributed by atoms with Gasteiger partial charge >= 0.3 is 6.09 Å². The van der Waals surface area contributed by atoms with Crippen LogP contribution < -0.4 is 5.32 Å². The van der Waals surface area contributed by atoms with Crippen molar-refractivity contribution in [1.82, 2.24) is 9.62 Å². The molecule has 7 heteroatoms. The van der Waals surface area contributed by atoms with Crippen molar-refractivity contribution >= 4 is 16.1 Å². The fourth-order valence-corrected chi connectivity index (χ4v) is 3.40.